The highest BCUT2D eigenvalue weighted by Gasteiger charge is 2.48. The number of amides is 2. The van der Waals surface area contributed by atoms with Crippen LogP contribution in [-0.2, 0) is 14.3 Å². The van der Waals surface area contributed by atoms with Crippen LogP contribution in [0.5, 0.6) is 0 Å². The predicted molar refractivity (Wildman–Crippen MR) is 116 cm³/mol. The zero-order valence-electron chi connectivity index (χ0n) is 17.3. The molecule has 1 heterocycles. The Balaban J connectivity index is 1.89. The number of carbonyl (C=O) groups excluding carboxylic acids is 3. The molecule has 0 fully saturated rings. The van der Waals surface area contributed by atoms with Crippen molar-refractivity contribution in [3.8, 4) is 0 Å². The van der Waals surface area contributed by atoms with E-state index in [1.54, 1.807) is 56.3 Å². The second-order valence-corrected chi connectivity index (χ2v) is 7.50. The molecule has 1 atom stereocenters. The number of hydrazone groups is 1. The molecule has 9 heteroatoms. The number of urea groups is 1. The maximum absolute atomic E-state index is 12.9. The Hall–Kier alpha value is -3.39. The molecule has 0 aliphatic carbocycles. The summed E-state index contributed by atoms with van der Waals surface area (Å²) in [6.07, 6.45) is 0. The van der Waals surface area contributed by atoms with Gasteiger partial charge in [-0.15, -0.1) is 0 Å². The molecule has 0 aromatic heterocycles. The lowest BCUT2D eigenvalue weighted by Crippen LogP contribution is -2.42. The zero-order chi connectivity index (χ0) is 22.6. The van der Waals surface area contributed by atoms with Crippen LogP contribution in [0.3, 0.4) is 0 Å². The predicted octanol–water partition coefficient (Wildman–Crippen LogP) is 3.95. The van der Waals surface area contributed by atoms with Crippen molar-refractivity contribution in [2.75, 3.05) is 25.6 Å². The van der Waals surface area contributed by atoms with Gasteiger partial charge in [-0.2, -0.15) is 5.10 Å². The van der Waals surface area contributed by atoms with E-state index in [1.165, 1.54) is 18.2 Å². The van der Waals surface area contributed by atoms with Crippen molar-refractivity contribution >= 4 is 41.0 Å². The first-order valence-electron chi connectivity index (χ1n) is 9.57. The summed E-state index contributed by atoms with van der Waals surface area (Å²) in [5, 5.41) is 8.82. The van der Waals surface area contributed by atoms with Crippen LogP contribution in [0.25, 0.3) is 0 Å². The molecule has 1 unspecified atom stereocenters. The highest BCUT2D eigenvalue weighted by Crippen LogP contribution is 2.33. The van der Waals surface area contributed by atoms with Gasteiger partial charge in [-0.25, -0.2) is 14.6 Å². The highest BCUT2D eigenvalue weighted by molar-refractivity contribution is 6.30. The van der Waals surface area contributed by atoms with Crippen molar-refractivity contribution in [3.63, 3.8) is 0 Å². The molecule has 1 N–H and O–H groups in total. The fourth-order valence-corrected chi connectivity index (χ4v) is 3.35. The van der Waals surface area contributed by atoms with Crippen LogP contribution < -0.4 is 5.32 Å². The Morgan fingerprint density at radius 2 is 1.90 bits per heavy atom. The third-order valence-corrected chi connectivity index (χ3v) is 5.07. The van der Waals surface area contributed by atoms with E-state index in [0.29, 0.717) is 27.5 Å². The number of nitrogens with one attached hydrogen (secondary N) is 1. The number of halogens is 1. The first-order chi connectivity index (χ1) is 14.8. The quantitative estimate of drug-likeness (QED) is 0.705. The summed E-state index contributed by atoms with van der Waals surface area (Å²) in [6, 6.07) is 12.6. The van der Waals surface area contributed by atoms with Crippen LogP contribution in [0.15, 0.2) is 53.6 Å². The molecule has 8 nitrogen and oxygen atoms in total. The Morgan fingerprint density at radius 1 is 1.19 bits per heavy atom. The summed E-state index contributed by atoms with van der Waals surface area (Å²) in [5.41, 5.74) is 0.586. The van der Waals surface area contributed by atoms with Crippen molar-refractivity contribution in [2.45, 2.75) is 13.8 Å². The van der Waals surface area contributed by atoms with Crippen LogP contribution in [0.1, 0.15) is 29.8 Å². The van der Waals surface area contributed by atoms with Crippen LogP contribution in [-0.4, -0.2) is 49.0 Å². The van der Waals surface area contributed by atoms with Gasteiger partial charge in [0.15, 0.2) is 0 Å². The molecular weight excluding hydrogens is 422 g/mol. The van der Waals surface area contributed by atoms with E-state index in [2.05, 4.69) is 10.4 Å². The van der Waals surface area contributed by atoms with Crippen molar-refractivity contribution in [1.82, 2.24) is 5.01 Å². The number of nitrogens with zero attached hydrogens (tertiary/aromatic N) is 2. The van der Waals surface area contributed by atoms with E-state index in [0.717, 1.165) is 0 Å². The number of hydrogen-bond acceptors (Lipinski definition) is 6. The largest absolute Gasteiger partial charge is 0.465 e. The number of benzene rings is 2. The van der Waals surface area contributed by atoms with Gasteiger partial charge in [0.25, 0.3) is 0 Å². The molecule has 0 radical (unpaired) electrons. The number of anilines is 1. The summed E-state index contributed by atoms with van der Waals surface area (Å²) in [4.78, 5) is 37.4. The second kappa shape index (κ2) is 9.18. The van der Waals surface area contributed by atoms with Gasteiger partial charge in [0, 0.05) is 10.7 Å². The molecule has 2 amide bonds. The first-order valence-corrected chi connectivity index (χ1v) is 9.95. The van der Waals surface area contributed by atoms with Gasteiger partial charge >= 0.3 is 18.0 Å². The van der Waals surface area contributed by atoms with Gasteiger partial charge < -0.3 is 14.8 Å². The van der Waals surface area contributed by atoms with Gasteiger partial charge in [-0.1, -0.05) is 29.8 Å². The third kappa shape index (κ3) is 4.69. The lowest BCUT2D eigenvalue weighted by molar-refractivity contribution is -0.150. The van der Waals surface area contributed by atoms with E-state index < -0.39 is 23.4 Å². The molecule has 0 saturated carbocycles. The minimum atomic E-state index is -1.16. The lowest BCUT2D eigenvalue weighted by Gasteiger charge is -2.24. The van der Waals surface area contributed by atoms with Crippen molar-refractivity contribution < 1.29 is 23.9 Å². The van der Waals surface area contributed by atoms with Crippen molar-refractivity contribution in [2.24, 2.45) is 10.5 Å². The van der Waals surface area contributed by atoms with Crippen LogP contribution in [0, 0.1) is 5.41 Å². The minimum absolute atomic E-state index is 0.00762. The fourth-order valence-electron chi connectivity index (χ4n) is 3.22. The van der Waals surface area contributed by atoms with Gasteiger partial charge in [0.2, 0.25) is 0 Å². The van der Waals surface area contributed by atoms with Crippen molar-refractivity contribution in [1.29, 1.82) is 0 Å². The molecule has 2 aromatic carbocycles. The number of esters is 2. The molecule has 0 spiro atoms. The third-order valence-electron chi connectivity index (χ3n) is 4.82. The monoisotopic (exact) mass is 443 g/mol. The van der Waals surface area contributed by atoms with Gasteiger partial charge in [-0.05, 0) is 49.7 Å². The molecule has 162 valence electrons. The SMILES string of the molecule is CCOC(=O)C1(C)CN(C(=O)Nc2cccc(C(=O)OC)c2)N=C1c1ccc(Cl)cc1. The van der Waals surface area contributed by atoms with E-state index >= 15 is 0 Å². The van der Waals surface area contributed by atoms with Crippen molar-refractivity contribution in [3.05, 3.63) is 64.7 Å². The van der Waals surface area contributed by atoms with E-state index in [9.17, 15) is 14.4 Å². The van der Waals surface area contributed by atoms with Crippen LogP contribution in [0.2, 0.25) is 5.02 Å². The second-order valence-electron chi connectivity index (χ2n) is 7.07. The summed E-state index contributed by atoms with van der Waals surface area (Å²) < 4.78 is 9.95. The molecule has 1 aliphatic rings. The fraction of sp³-hybridized carbons (Fsp3) is 0.273. The van der Waals surface area contributed by atoms with Crippen LogP contribution in [0.4, 0.5) is 10.5 Å². The first kappa shape index (κ1) is 22.3. The van der Waals surface area contributed by atoms with E-state index in [-0.39, 0.29) is 13.2 Å². The maximum Gasteiger partial charge on any atom is 0.342 e. The summed E-state index contributed by atoms with van der Waals surface area (Å²) in [5.74, 6) is -0.998. The molecule has 3 rings (SSSR count). The normalized spacial score (nSPS) is 17.7. The average Bonchev–Trinajstić information content (AvgIpc) is 3.13. The molecular formula is C22H22ClN3O5. The summed E-state index contributed by atoms with van der Waals surface area (Å²) in [7, 11) is 1.28. The number of carbonyl (C=O) groups is 3. The number of ether oxygens (including phenoxy) is 2. The van der Waals surface area contributed by atoms with E-state index in [1.807, 2.05) is 0 Å². The average molecular weight is 444 g/mol. The Morgan fingerprint density at radius 3 is 2.55 bits per heavy atom. The Kier molecular flexibility index (Phi) is 6.60. The number of methoxy groups -OCH3 is 1. The minimum Gasteiger partial charge on any atom is -0.465 e. The molecule has 31 heavy (non-hydrogen) atoms. The lowest BCUT2D eigenvalue weighted by atomic mass is 9.82. The zero-order valence-corrected chi connectivity index (χ0v) is 18.1. The highest BCUT2D eigenvalue weighted by atomic mass is 35.5. The Labute approximate surface area is 184 Å². The number of rotatable bonds is 5. The van der Waals surface area contributed by atoms with Crippen LogP contribution >= 0.6 is 11.6 Å². The van der Waals surface area contributed by atoms with Gasteiger partial charge in [0.1, 0.15) is 5.41 Å². The smallest absolute Gasteiger partial charge is 0.342 e. The molecule has 0 bridgehead atoms. The summed E-state index contributed by atoms with van der Waals surface area (Å²) in [6.45, 7) is 3.60. The topological polar surface area (TPSA) is 97.3 Å². The molecule has 2 aromatic rings. The standard InChI is InChI=1S/C22H22ClN3O5/c1-4-31-20(28)22(2)13-26(25-18(22)14-8-10-16(23)11-9-14)21(29)24-17-7-5-6-15(12-17)19(27)30-3/h5-12H,4,13H2,1-3H3,(H,24,29). The van der Waals surface area contributed by atoms with Gasteiger partial charge in [-0.3, -0.25) is 4.79 Å². The maximum atomic E-state index is 12.9. The van der Waals surface area contributed by atoms with E-state index in [4.69, 9.17) is 21.1 Å². The molecule has 0 saturated heterocycles. The Bertz CT molecular complexity index is 1040. The summed E-state index contributed by atoms with van der Waals surface area (Å²) >= 11 is 5.98. The number of hydrogen-bond donors (Lipinski definition) is 1. The van der Waals surface area contributed by atoms with Gasteiger partial charge in [0.05, 0.1) is 31.5 Å². The molecule has 1 aliphatic heterocycles.